The normalized spacial score (nSPS) is 18.4. The van der Waals surface area contributed by atoms with Crippen molar-refractivity contribution in [3.8, 4) is 0 Å². The number of alkyl carbamates (subject to hydrolysis) is 1. The second kappa shape index (κ2) is 11.5. The summed E-state index contributed by atoms with van der Waals surface area (Å²) in [4.78, 5) is 26.9. The van der Waals surface area contributed by atoms with E-state index in [4.69, 9.17) is 4.74 Å². The van der Waals surface area contributed by atoms with Crippen molar-refractivity contribution in [3.63, 3.8) is 0 Å². The van der Waals surface area contributed by atoms with Crippen LogP contribution in [-0.2, 0) is 26.0 Å². The van der Waals surface area contributed by atoms with Crippen LogP contribution in [0, 0.1) is 5.82 Å². The highest BCUT2D eigenvalue weighted by Crippen LogP contribution is 2.32. The van der Waals surface area contributed by atoms with Gasteiger partial charge < -0.3 is 14.8 Å². The van der Waals surface area contributed by atoms with E-state index in [1.54, 1.807) is 57.2 Å². The highest BCUT2D eigenvalue weighted by molar-refractivity contribution is 7.89. The van der Waals surface area contributed by atoms with Crippen molar-refractivity contribution in [1.82, 2.24) is 14.9 Å². The number of halogens is 1. The van der Waals surface area contributed by atoms with Gasteiger partial charge in [-0.15, -0.1) is 0 Å². The lowest BCUT2D eigenvalue weighted by atomic mass is 9.93. The predicted molar refractivity (Wildman–Crippen MR) is 134 cm³/mol. The van der Waals surface area contributed by atoms with Gasteiger partial charge >= 0.3 is 6.09 Å². The Morgan fingerprint density at radius 3 is 2.44 bits per heavy atom. The standard InChI is InChI=1S/C26H34FN3O5S/c1-25(2,3)35-24(32)29-26(15-17-31,18-20-10-7-8-14-23(20)27)30-16-9-11-21(30)19-28-36(33,34)22-12-5-4-6-13-22/h4-8,10,12-14,17,21,28H,9,11,15-16,18-19H2,1-3H3,(H,29,32)/t21-,26-/m0/s1. The SMILES string of the molecule is CC(C)(C)OC(=O)N[C@](CC=O)(Cc1ccccc1F)N1CCC[C@H]1CNS(=O)(=O)c1ccccc1. The van der Waals surface area contributed by atoms with Crippen molar-refractivity contribution in [2.24, 2.45) is 0 Å². The Morgan fingerprint density at radius 2 is 1.81 bits per heavy atom. The number of benzene rings is 2. The molecule has 1 aliphatic rings. The first-order valence-electron chi connectivity index (χ1n) is 12.0. The number of carbonyl (C=O) groups excluding carboxylic acids is 2. The zero-order valence-corrected chi connectivity index (χ0v) is 21.7. The average molecular weight is 520 g/mol. The van der Waals surface area contributed by atoms with Crippen LogP contribution in [0.15, 0.2) is 59.5 Å². The van der Waals surface area contributed by atoms with Crippen LogP contribution in [0.2, 0.25) is 0 Å². The van der Waals surface area contributed by atoms with Gasteiger partial charge in [0.2, 0.25) is 10.0 Å². The van der Waals surface area contributed by atoms with Crippen molar-refractivity contribution in [3.05, 3.63) is 66.0 Å². The first-order chi connectivity index (χ1) is 17.0. The third-order valence-electron chi connectivity index (χ3n) is 6.08. The number of hydrogen-bond donors (Lipinski definition) is 2. The number of sulfonamides is 1. The molecule has 0 unspecified atom stereocenters. The topological polar surface area (TPSA) is 105 Å². The van der Waals surface area contributed by atoms with Crippen LogP contribution in [0.4, 0.5) is 9.18 Å². The molecule has 2 aromatic carbocycles. The second-order valence-corrected chi connectivity index (χ2v) is 11.7. The third kappa shape index (κ3) is 7.11. The molecular weight excluding hydrogens is 485 g/mol. The molecule has 0 saturated carbocycles. The molecule has 1 aliphatic heterocycles. The molecule has 1 heterocycles. The van der Waals surface area contributed by atoms with Crippen LogP contribution in [0.25, 0.3) is 0 Å². The lowest BCUT2D eigenvalue weighted by Gasteiger charge is -2.45. The van der Waals surface area contributed by atoms with Gasteiger partial charge in [-0.05, 0) is 57.4 Å². The highest BCUT2D eigenvalue weighted by atomic mass is 32.2. The van der Waals surface area contributed by atoms with E-state index < -0.39 is 33.2 Å². The Hall–Kier alpha value is -2.82. The fraction of sp³-hybridized carbons (Fsp3) is 0.462. The zero-order valence-electron chi connectivity index (χ0n) is 20.9. The Bertz CT molecular complexity index is 1150. The number of ether oxygens (including phenoxy) is 1. The van der Waals surface area contributed by atoms with Gasteiger partial charge in [0.05, 0.1) is 4.90 Å². The fourth-order valence-corrected chi connectivity index (χ4v) is 5.64. The third-order valence-corrected chi connectivity index (χ3v) is 7.52. The van der Waals surface area contributed by atoms with Gasteiger partial charge in [0.25, 0.3) is 0 Å². The highest BCUT2D eigenvalue weighted by Gasteiger charge is 2.45. The number of nitrogens with zero attached hydrogens (tertiary/aromatic N) is 1. The molecule has 0 spiro atoms. The zero-order chi connectivity index (χ0) is 26.4. The van der Waals surface area contributed by atoms with Crippen LogP contribution in [-0.4, -0.2) is 56.1 Å². The molecule has 2 atom stereocenters. The number of hydrogen-bond acceptors (Lipinski definition) is 6. The van der Waals surface area contributed by atoms with Crippen LogP contribution < -0.4 is 10.0 Å². The minimum absolute atomic E-state index is 0.000405. The van der Waals surface area contributed by atoms with E-state index in [2.05, 4.69) is 10.0 Å². The summed E-state index contributed by atoms with van der Waals surface area (Å²) >= 11 is 0. The van der Waals surface area contributed by atoms with Crippen LogP contribution in [0.1, 0.15) is 45.6 Å². The fourth-order valence-electron chi connectivity index (χ4n) is 4.55. The van der Waals surface area contributed by atoms with Gasteiger partial charge in [0.1, 0.15) is 23.4 Å². The summed E-state index contributed by atoms with van der Waals surface area (Å²) in [5.74, 6) is -0.459. The molecule has 10 heteroatoms. The van der Waals surface area contributed by atoms with Gasteiger partial charge in [0.15, 0.2) is 0 Å². The Kier molecular flexibility index (Phi) is 8.86. The van der Waals surface area contributed by atoms with E-state index >= 15 is 0 Å². The van der Waals surface area contributed by atoms with Gasteiger partial charge in [0, 0.05) is 32.0 Å². The van der Waals surface area contributed by atoms with Gasteiger partial charge in [-0.2, -0.15) is 0 Å². The molecule has 36 heavy (non-hydrogen) atoms. The van der Waals surface area contributed by atoms with Crippen molar-refractivity contribution < 1.29 is 27.1 Å². The number of amides is 1. The first kappa shape index (κ1) is 27.8. The van der Waals surface area contributed by atoms with Crippen LogP contribution in [0.3, 0.4) is 0 Å². The van der Waals surface area contributed by atoms with E-state index in [0.717, 1.165) is 0 Å². The van der Waals surface area contributed by atoms with Crippen LogP contribution in [0.5, 0.6) is 0 Å². The van der Waals surface area contributed by atoms with Crippen molar-refractivity contribution in [2.75, 3.05) is 13.1 Å². The van der Waals surface area contributed by atoms with E-state index in [0.29, 0.717) is 31.2 Å². The molecule has 0 aliphatic carbocycles. The van der Waals surface area contributed by atoms with Crippen molar-refractivity contribution >= 4 is 22.4 Å². The lowest BCUT2D eigenvalue weighted by Crippen LogP contribution is -2.65. The molecule has 0 bridgehead atoms. The van der Waals surface area contributed by atoms with Gasteiger partial charge in [-0.3, -0.25) is 4.90 Å². The van der Waals surface area contributed by atoms with E-state index in [1.165, 1.54) is 18.2 Å². The molecule has 8 nitrogen and oxygen atoms in total. The molecule has 1 amide bonds. The minimum Gasteiger partial charge on any atom is -0.444 e. The lowest BCUT2D eigenvalue weighted by molar-refractivity contribution is -0.111. The maximum Gasteiger partial charge on any atom is 0.409 e. The molecule has 0 radical (unpaired) electrons. The Labute approximate surface area is 212 Å². The number of nitrogens with one attached hydrogen (secondary N) is 2. The van der Waals surface area contributed by atoms with E-state index in [1.807, 2.05) is 4.90 Å². The molecule has 196 valence electrons. The summed E-state index contributed by atoms with van der Waals surface area (Å²) in [6.07, 6.45) is 1.15. The van der Waals surface area contributed by atoms with Gasteiger partial charge in [-0.1, -0.05) is 36.4 Å². The Morgan fingerprint density at radius 1 is 1.14 bits per heavy atom. The molecule has 2 N–H and O–H groups in total. The summed E-state index contributed by atoms with van der Waals surface area (Å²) in [7, 11) is -3.76. The predicted octanol–water partition coefficient (Wildman–Crippen LogP) is 3.62. The molecule has 2 aromatic rings. The molecule has 1 fully saturated rings. The average Bonchev–Trinajstić information content (AvgIpc) is 3.28. The van der Waals surface area contributed by atoms with E-state index in [9.17, 15) is 22.4 Å². The molecule has 0 aromatic heterocycles. The molecule has 3 rings (SSSR count). The summed E-state index contributed by atoms with van der Waals surface area (Å²) < 4.78 is 48.5. The number of aldehydes is 1. The molecule has 1 saturated heterocycles. The number of rotatable bonds is 10. The first-order valence-corrected chi connectivity index (χ1v) is 13.4. The van der Waals surface area contributed by atoms with E-state index in [-0.39, 0.29) is 30.3 Å². The maximum atomic E-state index is 14.7. The summed E-state index contributed by atoms with van der Waals surface area (Å²) in [5.41, 5.74) is -1.78. The number of likely N-dealkylation sites (tertiary alicyclic amines) is 1. The van der Waals surface area contributed by atoms with Gasteiger partial charge in [-0.25, -0.2) is 22.3 Å². The Balaban J connectivity index is 1.92. The summed E-state index contributed by atoms with van der Waals surface area (Å²) in [6, 6.07) is 13.9. The maximum absolute atomic E-state index is 14.7. The summed E-state index contributed by atoms with van der Waals surface area (Å²) in [6.45, 7) is 5.71. The summed E-state index contributed by atoms with van der Waals surface area (Å²) in [5, 5.41) is 2.85. The van der Waals surface area contributed by atoms with Crippen LogP contribution >= 0.6 is 0 Å². The van der Waals surface area contributed by atoms with Crippen molar-refractivity contribution in [1.29, 1.82) is 0 Å². The smallest absolute Gasteiger partial charge is 0.409 e. The monoisotopic (exact) mass is 519 g/mol. The number of carbonyl (C=O) groups is 2. The second-order valence-electron chi connectivity index (χ2n) is 9.95. The largest absolute Gasteiger partial charge is 0.444 e. The minimum atomic E-state index is -3.76. The van der Waals surface area contributed by atoms with Crippen molar-refractivity contribution in [2.45, 2.75) is 68.7 Å². The molecular formula is C26H34FN3O5S. The quantitative estimate of drug-likeness (QED) is 0.465.